The molecule has 4 rings (SSSR count). The lowest BCUT2D eigenvalue weighted by Gasteiger charge is -2.30. The third-order valence-electron chi connectivity index (χ3n) is 6.49. The quantitative estimate of drug-likeness (QED) is 0.737. The van der Waals surface area contributed by atoms with Crippen molar-refractivity contribution in [2.75, 3.05) is 53.0 Å². The van der Waals surface area contributed by atoms with Crippen LogP contribution in [0.15, 0.2) is 35.1 Å². The van der Waals surface area contributed by atoms with Crippen LogP contribution in [0.4, 0.5) is 0 Å². The summed E-state index contributed by atoms with van der Waals surface area (Å²) in [7, 11) is 1.65. The fourth-order valence-corrected chi connectivity index (χ4v) is 4.83. The molecule has 0 unspecified atom stereocenters. The number of nitrogens with one attached hydrogen (secondary N) is 1. The molecule has 8 nitrogen and oxygen atoms in total. The number of morpholine rings is 1. The van der Waals surface area contributed by atoms with Gasteiger partial charge in [0.25, 0.3) is 5.56 Å². The minimum Gasteiger partial charge on any atom is -0.497 e. The van der Waals surface area contributed by atoms with E-state index in [1.54, 1.807) is 20.1 Å². The number of hydrogen-bond acceptors (Lipinski definition) is 6. The van der Waals surface area contributed by atoms with Gasteiger partial charge in [-0.2, -0.15) is 0 Å². The molecule has 1 amide bonds. The van der Waals surface area contributed by atoms with Gasteiger partial charge in [0, 0.05) is 56.5 Å². The van der Waals surface area contributed by atoms with Crippen LogP contribution < -0.4 is 10.3 Å². The van der Waals surface area contributed by atoms with Crippen molar-refractivity contribution in [1.29, 1.82) is 0 Å². The molecule has 32 heavy (non-hydrogen) atoms. The standard InChI is InChI=1S/C24H32N4O4/c1-16(13-27-8-10-32-11-9-27)24(30)28-14-20(18-4-6-19(31-3)7-5-18)21(15-28)22-12-23(29)26-17(2)25-22/h4-7,12,16,20-21H,8-11,13-15H2,1-3H3,(H,25,26,29)/t16-,20+,21-/m1/s1. The van der Waals surface area contributed by atoms with Gasteiger partial charge < -0.3 is 19.4 Å². The summed E-state index contributed by atoms with van der Waals surface area (Å²) in [6, 6.07) is 9.53. The van der Waals surface area contributed by atoms with Crippen molar-refractivity contribution in [3.8, 4) is 5.75 Å². The third-order valence-corrected chi connectivity index (χ3v) is 6.49. The summed E-state index contributed by atoms with van der Waals surface area (Å²) < 4.78 is 10.7. The van der Waals surface area contributed by atoms with Crippen LogP contribution in [0.1, 0.15) is 35.8 Å². The molecule has 2 fully saturated rings. The van der Waals surface area contributed by atoms with E-state index in [1.807, 2.05) is 36.1 Å². The summed E-state index contributed by atoms with van der Waals surface area (Å²) in [5.74, 6) is 1.46. The van der Waals surface area contributed by atoms with E-state index in [4.69, 9.17) is 9.47 Å². The molecule has 3 atom stereocenters. The van der Waals surface area contributed by atoms with Crippen molar-refractivity contribution >= 4 is 5.91 Å². The van der Waals surface area contributed by atoms with Gasteiger partial charge in [0.2, 0.25) is 5.91 Å². The first-order chi connectivity index (χ1) is 15.4. The number of methoxy groups -OCH3 is 1. The molecule has 2 aromatic rings. The zero-order valence-corrected chi connectivity index (χ0v) is 19.0. The number of aromatic amines is 1. The molecule has 3 heterocycles. The van der Waals surface area contributed by atoms with E-state index in [1.165, 1.54) is 0 Å². The number of aromatic nitrogens is 2. The van der Waals surface area contributed by atoms with Gasteiger partial charge in [-0.05, 0) is 24.6 Å². The second kappa shape index (κ2) is 9.83. The predicted octanol–water partition coefficient (Wildman–Crippen LogP) is 1.76. The number of amides is 1. The number of hydrogen-bond donors (Lipinski definition) is 1. The number of nitrogens with zero attached hydrogens (tertiary/aromatic N) is 3. The van der Waals surface area contributed by atoms with Crippen molar-refractivity contribution in [3.63, 3.8) is 0 Å². The van der Waals surface area contributed by atoms with Crippen LogP contribution in [0.5, 0.6) is 5.75 Å². The molecule has 8 heteroatoms. The van der Waals surface area contributed by atoms with Crippen LogP contribution in [0.2, 0.25) is 0 Å². The Hall–Kier alpha value is -2.71. The Morgan fingerprint density at radius 3 is 2.56 bits per heavy atom. The number of benzene rings is 1. The van der Waals surface area contributed by atoms with Crippen LogP contribution in [0.3, 0.4) is 0 Å². The Morgan fingerprint density at radius 1 is 1.22 bits per heavy atom. The van der Waals surface area contributed by atoms with Crippen LogP contribution >= 0.6 is 0 Å². The van der Waals surface area contributed by atoms with Crippen LogP contribution in [0.25, 0.3) is 0 Å². The number of carbonyl (C=O) groups excluding carboxylic acids is 1. The molecule has 1 aromatic heterocycles. The maximum atomic E-state index is 13.4. The van der Waals surface area contributed by atoms with Gasteiger partial charge in [-0.3, -0.25) is 14.5 Å². The number of H-pyrrole nitrogens is 1. The average molecular weight is 441 g/mol. The summed E-state index contributed by atoms with van der Waals surface area (Å²) in [4.78, 5) is 37.1. The molecule has 0 bridgehead atoms. The Morgan fingerprint density at radius 2 is 1.91 bits per heavy atom. The Kier molecular flexibility index (Phi) is 6.91. The van der Waals surface area contributed by atoms with Crippen molar-refractivity contribution in [3.05, 3.63) is 57.8 Å². The zero-order valence-electron chi connectivity index (χ0n) is 19.0. The van der Waals surface area contributed by atoms with Gasteiger partial charge in [0.05, 0.1) is 26.0 Å². The van der Waals surface area contributed by atoms with Crippen molar-refractivity contribution in [1.82, 2.24) is 19.8 Å². The molecule has 2 aliphatic rings. The van der Waals surface area contributed by atoms with Crippen LogP contribution in [-0.2, 0) is 9.53 Å². The van der Waals surface area contributed by atoms with Crippen molar-refractivity contribution in [2.45, 2.75) is 25.7 Å². The van der Waals surface area contributed by atoms with Gasteiger partial charge in [0.1, 0.15) is 11.6 Å². The molecule has 0 aliphatic carbocycles. The molecule has 2 saturated heterocycles. The molecule has 2 aliphatic heterocycles. The minimum absolute atomic E-state index is 0.0380. The van der Waals surface area contributed by atoms with Gasteiger partial charge in [-0.25, -0.2) is 4.98 Å². The average Bonchev–Trinajstić information content (AvgIpc) is 3.24. The van der Waals surface area contributed by atoms with E-state index >= 15 is 0 Å². The van der Waals surface area contributed by atoms with Gasteiger partial charge in [-0.1, -0.05) is 19.1 Å². The SMILES string of the molecule is COc1ccc([C@@H]2CN(C(=O)[C@H](C)CN3CCOCC3)C[C@H]2c2cc(=O)[nH]c(C)n2)cc1. The number of likely N-dealkylation sites (tertiary alicyclic amines) is 1. The predicted molar refractivity (Wildman–Crippen MR) is 121 cm³/mol. The number of rotatable bonds is 6. The lowest BCUT2D eigenvalue weighted by molar-refractivity contribution is -0.135. The minimum atomic E-state index is -0.161. The van der Waals surface area contributed by atoms with Gasteiger partial charge in [0.15, 0.2) is 0 Å². The Balaban J connectivity index is 1.56. The summed E-state index contributed by atoms with van der Waals surface area (Å²) in [5.41, 5.74) is 1.70. The fraction of sp³-hybridized carbons (Fsp3) is 0.542. The number of carbonyl (C=O) groups is 1. The molecule has 1 aromatic carbocycles. The smallest absolute Gasteiger partial charge is 0.251 e. The highest BCUT2D eigenvalue weighted by Gasteiger charge is 2.39. The molecule has 0 radical (unpaired) electrons. The van der Waals surface area contributed by atoms with E-state index in [-0.39, 0.29) is 29.2 Å². The highest BCUT2D eigenvalue weighted by atomic mass is 16.5. The van der Waals surface area contributed by atoms with Gasteiger partial charge >= 0.3 is 0 Å². The highest BCUT2D eigenvalue weighted by molar-refractivity contribution is 5.79. The zero-order chi connectivity index (χ0) is 22.7. The lowest BCUT2D eigenvalue weighted by atomic mass is 9.86. The summed E-state index contributed by atoms with van der Waals surface area (Å²) in [6.45, 7) is 8.86. The first-order valence-electron chi connectivity index (χ1n) is 11.3. The molecular formula is C24H32N4O4. The summed E-state index contributed by atoms with van der Waals surface area (Å²) in [5, 5.41) is 0. The first kappa shape index (κ1) is 22.5. The normalized spacial score (nSPS) is 22.7. The summed E-state index contributed by atoms with van der Waals surface area (Å²) in [6.07, 6.45) is 0. The van der Waals surface area contributed by atoms with E-state index in [2.05, 4.69) is 14.9 Å². The fourth-order valence-electron chi connectivity index (χ4n) is 4.83. The maximum absolute atomic E-state index is 13.4. The lowest BCUT2D eigenvalue weighted by Crippen LogP contribution is -2.43. The molecule has 172 valence electrons. The largest absolute Gasteiger partial charge is 0.497 e. The van der Waals surface area contributed by atoms with E-state index in [9.17, 15) is 9.59 Å². The summed E-state index contributed by atoms with van der Waals surface area (Å²) >= 11 is 0. The molecule has 0 saturated carbocycles. The van der Waals surface area contributed by atoms with E-state index < -0.39 is 0 Å². The number of aryl methyl sites for hydroxylation is 1. The van der Waals surface area contributed by atoms with Gasteiger partial charge in [-0.15, -0.1) is 0 Å². The van der Waals surface area contributed by atoms with Crippen molar-refractivity contribution in [2.24, 2.45) is 5.92 Å². The number of ether oxygens (including phenoxy) is 2. The Labute approximate surface area is 188 Å². The first-order valence-corrected chi connectivity index (χ1v) is 11.3. The molecule has 0 spiro atoms. The molecular weight excluding hydrogens is 408 g/mol. The molecule has 1 N–H and O–H groups in total. The van der Waals surface area contributed by atoms with Crippen LogP contribution in [0, 0.1) is 12.8 Å². The van der Waals surface area contributed by atoms with Crippen molar-refractivity contribution < 1.29 is 14.3 Å². The maximum Gasteiger partial charge on any atom is 0.251 e. The van der Waals surface area contributed by atoms with Crippen LogP contribution in [-0.4, -0.2) is 78.7 Å². The second-order valence-corrected chi connectivity index (χ2v) is 8.80. The van der Waals surface area contributed by atoms with E-state index in [0.717, 1.165) is 49.9 Å². The highest BCUT2D eigenvalue weighted by Crippen LogP contribution is 2.39. The topological polar surface area (TPSA) is 87.8 Å². The second-order valence-electron chi connectivity index (χ2n) is 8.80. The van der Waals surface area contributed by atoms with E-state index in [0.29, 0.717) is 18.9 Å². The third kappa shape index (κ3) is 5.02. The monoisotopic (exact) mass is 440 g/mol. The Bertz CT molecular complexity index is 984.